The first-order chi connectivity index (χ1) is 15.8. The number of aromatic nitrogens is 1. The predicted octanol–water partition coefficient (Wildman–Crippen LogP) is -1.20. The number of carboxylic acids is 1. The van der Waals surface area contributed by atoms with Crippen molar-refractivity contribution < 1.29 is 29.2 Å². The summed E-state index contributed by atoms with van der Waals surface area (Å²) >= 11 is 2.43. The lowest BCUT2D eigenvalue weighted by atomic mass is 10.0. The number of fused-ring (bicyclic) bond motifs is 2. The summed E-state index contributed by atoms with van der Waals surface area (Å²) in [7, 11) is 0. The molecule has 14 heteroatoms. The minimum atomic E-state index is -1.43. The van der Waals surface area contributed by atoms with Gasteiger partial charge in [-0.15, -0.1) is 23.1 Å². The summed E-state index contributed by atoms with van der Waals surface area (Å²) in [6, 6.07) is -0.978. The molecule has 12 nitrogen and oxygen atoms in total. The second kappa shape index (κ2) is 7.97. The highest BCUT2D eigenvalue weighted by Crippen LogP contribution is 2.42. The number of carbonyl (C=O) groups excluding carboxylic acids is 3. The van der Waals surface area contributed by atoms with Crippen LogP contribution in [-0.4, -0.2) is 79.7 Å². The molecule has 2 fully saturated rings. The van der Waals surface area contributed by atoms with Crippen LogP contribution in [0.25, 0.3) is 0 Å². The Bertz CT molecular complexity index is 1190. The number of carbonyl (C=O) groups is 3. The van der Waals surface area contributed by atoms with Gasteiger partial charge < -0.3 is 26.2 Å². The van der Waals surface area contributed by atoms with E-state index in [1.807, 2.05) is 12.5 Å². The molecule has 5 heterocycles. The average molecular weight is 490 g/mol. The van der Waals surface area contributed by atoms with Gasteiger partial charge in [0.05, 0.1) is 24.4 Å². The largest absolute Gasteiger partial charge is 0.543 e. The molecule has 1 aromatic rings. The van der Waals surface area contributed by atoms with Gasteiger partial charge in [-0.3, -0.25) is 14.5 Å². The Kier molecular flexibility index (Phi) is 5.22. The van der Waals surface area contributed by atoms with Gasteiger partial charge >= 0.3 is 0 Å². The van der Waals surface area contributed by atoms with E-state index in [0.717, 1.165) is 36.4 Å². The minimum Gasteiger partial charge on any atom is -0.543 e. The van der Waals surface area contributed by atoms with E-state index in [1.165, 1.54) is 22.0 Å². The molecule has 172 valence electrons. The van der Waals surface area contributed by atoms with Gasteiger partial charge in [-0.05, 0) is 0 Å². The number of amides is 2. The molecule has 0 saturated carbocycles. The number of oxime groups is 1. The Morgan fingerprint density at radius 1 is 1.45 bits per heavy atom. The van der Waals surface area contributed by atoms with Crippen molar-refractivity contribution in [3.05, 3.63) is 34.2 Å². The number of nitrogens with one attached hydrogen (secondary N) is 1. The van der Waals surface area contributed by atoms with Crippen molar-refractivity contribution in [2.45, 2.75) is 24.3 Å². The zero-order chi connectivity index (χ0) is 23.3. The van der Waals surface area contributed by atoms with Crippen molar-refractivity contribution in [1.82, 2.24) is 15.2 Å². The third-order valence-corrected chi connectivity index (χ3v) is 8.17. The van der Waals surface area contributed by atoms with Crippen LogP contribution in [0.1, 0.15) is 18.5 Å². The SMILES string of the molecule is Nc1nc(/C(=N\O)C(=O)N[C@@H]2C(=O)N3C(C(=O)[O-])=C(C[N+]45C=NC=C4CCC5)CS[C@H]23)cs1. The molecule has 4 aliphatic heterocycles. The molecule has 3 atom stereocenters. The Morgan fingerprint density at radius 3 is 2.97 bits per heavy atom. The summed E-state index contributed by atoms with van der Waals surface area (Å²) in [5.41, 5.74) is 6.84. The first kappa shape index (κ1) is 21.6. The highest BCUT2D eigenvalue weighted by Gasteiger charge is 2.54. The molecule has 1 aromatic heterocycles. The lowest BCUT2D eigenvalue weighted by molar-refractivity contribution is -0.777. The van der Waals surface area contributed by atoms with Crippen molar-refractivity contribution in [3.8, 4) is 0 Å². The van der Waals surface area contributed by atoms with E-state index in [-0.39, 0.29) is 22.2 Å². The van der Waals surface area contributed by atoms with E-state index in [9.17, 15) is 24.7 Å². The van der Waals surface area contributed by atoms with Crippen LogP contribution in [0.4, 0.5) is 5.13 Å². The second-order valence-corrected chi connectivity index (χ2v) is 10.0. The quantitative estimate of drug-likeness (QED) is 0.147. The maximum absolute atomic E-state index is 12.9. The average Bonchev–Trinajstić information content (AvgIpc) is 3.48. The number of nitrogen functional groups attached to an aromatic ring is 1. The zero-order valence-electron chi connectivity index (χ0n) is 17.1. The van der Waals surface area contributed by atoms with Gasteiger partial charge in [-0.25, -0.2) is 14.5 Å². The van der Waals surface area contributed by atoms with E-state index in [2.05, 4.69) is 20.4 Å². The second-order valence-electron chi connectivity index (χ2n) is 8.02. The van der Waals surface area contributed by atoms with Crippen LogP contribution in [0, 0.1) is 0 Å². The molecule has 0 radical (unpaired) electrons. The molecule has 2 amide bonds. The third kappa shape index (κ3) is 3.41. The number of aliphatic imine (C=N–C) groups is 1. The van der Waals surface area contributed by atoms with Gasteiger partial charge in [0.15, 0.2) is 17.2 Å². The van der Waals surface area contributed by atoms with Gasteiger partial charge in [-0.2, -0.15) is 0 Å². The summed E-state index contributed by atoms with van der Waals surface area (Å²) in [6.45, 7) is 1.23. The van der Waals surface area contributed by atoms with Gasteiger partial charge in [0.1, 0.15) is 29.4 Å². The van der Waals surface area contributed by atoms with Crippen molar-refractivity contribution in [2.75, 3.05) is 24.6 Å². The topological polar surface area (TPSA) is 173 Å². The number of hydrogen-bond acceptors (Lipinski definition) is 11. The van der Waals surface area contributed by atoms with Crippen LogP contribution in [0.15, 0.2) is 38.7 Å². The van der Waals surface area contributed by atoms with E-state index in [1.54, 1.807) is 0 Å². The minimum absolute atomic E-state index is 0.0747. The fourth-order valence-corrected chi connectivity index (χ4v) is 6.52. The molecular formula is C19H19N7O5S2. The molecule has 0 aliphatic carbocycles. The number of rotatable bonds is 6. The lowest BCUT2D eigenvalue weighted by Gasteiger charge is -2.51. The number of allylic oxidation sites excluding steroid dienone is 1. The molecule has 5 rings (SSSR count). The molecular weight excluding hydrogens is 470 g/mol. The maximum Gasteiger partial charge on any atom is 0.276 e. The van der Waals surface area contributed by atoms with Gasteiger partial charge in [0, 0.05) is 29.5 Å². The first-order valence-electron chi connectivity index (χ1n) is 10.1. The normalized spacial score (nSPS) is 28.4. The Morgan fingerprint density at radius 2 is 2.27 bits per heavy atom. The number of aliphatic carboxylic acids is 1. The highest BCUT2D eigenvalue weighted by molar-refractivity contribution is 8.00. The zero-order valence-corrected chi connectivity index (χ0v) is 18.8. The van der Waals surface area contributed by atoms with Crippen molar-refractivity contribution in [2.24, 2.45) is 10.1 Å². The van der Waals surface area contributed by atoms with Gasteiger partial charge in [0.2, 0.25) is 0 Å². The van der Waals surface area contributed by atoms with Crippen LogP contribution >= 0.6 is 23.1 Å². The fraction of sp³-hybridized carbons (Fsp3) is 0.368. The van der Waals surface area contributed by atoms with E-state index >= 15 is 0 Å². The van der Waals surface area contributed by atoms with Crippen LogP contribution < -0.4 is 16.2 Å². The fourth-order valence-electron chi connectivity index (χ4n) is 4.64. The number of β-lactam (4-membered cyclic amide) rings is 1. The maximum atomic E-state index is 12.9. The number of nitrogens with zero attached hydrogens (tertiary/aromatic N) is 5. The molecule has 1 unspecified atom stereocenters. The number of hydrogen-bond donors (Lipinski definition) is 3. The van der Waals surface area contributed by atoms with Crippen LogP contribution in [-0.2, 0) is 14.4 Å². The Balaban J connectivity index is 1.35. The highest BCUT2D eigenvalue weighted by atomic mass is 32.2. The van der Waals surface area contributed by atoms with Crippen LogP contribution in [0.2, 0.25) is 0 Å². The van der Waals surface area contributed by atoms with Gasteiger partial charge in [0.25, 0.3) is 11.8 Å². The summed E-state index contributed by atoms with van der Waals surface area (Å²) in [5, 5.41) is 27.8. The summed E-state index contributed by atoms with van der Waals surface area (Å²) in [5.74, 6) is -2.44. The molecule has 4 N–H and O–H groups in total. The Hall–Kier alpha value is -3.23. The number of carboxylic acid groups (broad SMARTS) is 1. The van der Waals surface area contributed by atoms with E-state index in [4.69, 9.17) is 5.73 Å². The van der Waals surface area contributed by atoms with Crippen molar-refractivity contribution in [3.63, 3.8) is 0 Å². The van der Waals surface area contributed by atoms with Gasteiger partial charge in [-0.1, -0.05) is 5.16 Å². The molecule has 33 heavy (non-hydrogen) atoms. The number of anilines is 1. The molecule has 0 bridgehead atoms. The monoisotopic (exact) mass is 489 g/mol. The molecule has 0 spiro atoms. The lowest BCUT2D eigenvalue weighted by Crippen LogP contribution is -2.71. The van der Waals surface area contributed by atoms with E-state index < -0.39 is 29.2 Å². The Labute approximate surface area is 195 Å². The molecule has 4 aliphatic rings. The van der Waals surface area contributed by atoms with Crippen LogP contribution in [0.3, 0.4) is 0 Å². The molecule has 2 saturated heterocycles. The van der Waals surface area contributed by atoms with Crippen molar-refractivity contribution >= 4 is 58.1 Å². The third-order valence-electron chi connectivity index (χ3n) is 6.15. The summed E-state index contributed by atoms with van der Waals surface area (Å²) in [6.07, 6.45) is 5.53. The molecule has 0 aromatic carbocycles. The smallest absolute Gasteiger partial charge is 0.276 e. The number of quaternary nitrogens is 1. The van der Waals surface area contributed by atoms with Crippen LogP contribution in [0.5, 0.6) is 0 Å². The predicted molar refractivity (Wildman–Crippen MR) is 118 cm³/mol. The number of thiazole rings is 1. The number of nitrogens with two attached hydrogens (primary N) is 1. The summed E-state index contributed by atoms with van der Waals surface area (Å²) < 4.78 is 0.479. The first-order valence-corrected chi connectivity index (χ1v) is 12.0. The standard InChI is InChI=1S/C19H19N7O5S2/c20-19-22-11(7-33-19)12(24-31)15(27)23-13-16(28)25-14(18(29)30)9(6-32-17(13)25)5-26-3-1-2-10(26)4-21-8-26/h4,7-8,13,17H,1-3,5-6H2,(H4-,20,22,23,27,29,30,31)/t13-,17-,26?/m1/s1. The van der Waals surface area contributed by atoms with Crippen molar-refractivity contribution in [1.29, 1.82) is 0 Å². The summed E-state index contributed by atoms with van der Waals surface area (Å²) in [4.78, 5) is 46.9. The number of thioether (sulfide) groups is 1. The van der Waals surface area contributed by atoms with E-state index in [0.29, 0.717) is 22.4 Å².